The first-order valence-electron chi connectivity index (χ1n) is 6.36. The van der Waals surface area contributed by atoms with Crippen LogP contribution < -0.4 is 11.1 Å². The van der Waals surface area contributed by atoms with Crippen molar-refractivity contribution in [2.45, 2.75) is 20.3 Å². The molecule has 104 valence electrons. The van der Waals surface area contributed by atoms with E-state index >= 15 is 0 Å². The van der Waals surface area contributed by atoms with E-state index in [1.165, 1.54) is 18.2 Å². The van der Waals surface area contributed by atoms with Gasteiger partial charge in [0.05, 0.1) is 17.8 Å². The molecule has 0 heterocycles. The van der Waals surface area contributed by atoms with Gasteiger partial charge in [0.2, 0.25) is 5.91 Å². The van der Waals surface area contributed by atoms with Crippen molar-refractivity contribution >= 4 is 17.3 Å². The van der Waals surface area contributed by atoms with Crippen molar-refractivity contribution in [1.82, 2.24) is 0 Å². The highest BCUT2D eigenvalue weighted by molar-refractivity contribution is 5.95. The molecule has 2 aromatic carbocycles. The van der Waals surface area contributed by atoms with E-state index in [1.54, 1.807) is 0 Å². The number of amides is 1. The summed E-state index contributed by atoms with van der Waals surface area (Å²) in [5, 5.41) is 2.70. The Morgan fingerprint density at radius 3 is 2.65 bits per heavy atom. The Bertz CT molecular complexity index is 653. The van der Waals surface area contributed by atoms with E-state index in [2.05, 4.69) is 5.32 Å². The van der Waals surface area contributed by atoms with Crippen LogP contribution in [0.1, 0.15) is 16.7 Å². The van der Waals surface area contributed by atoms with Crippen molar-refractivity contribution in [3.05, 3.63) is 58.9 Å². The number of benzene rings is 2. The average molecular weight is 272 g/mol. The number of carbonyl (C=O) groups excluding carboxylic acids is 1. The minimum atomic E-state index is -0.421. The molecule has 0 aliphatic carbocycles. The van der Waals surface area contributed by atoms with Crippen LogP contribution in [-0.2, 0) is 11.2 Å². The zero-order valence-electron chi connectivity index (χ0n) is 11.5. The van der Waals surface area contributed by atoms with Crippen LogP contribution in [0, 0.1) is 19.7 Å². The molecule has 2 rings (SSSR count). The third-order valence-corrected chi connectivity index (χ3v) is 3.14. The summed E-state index contributed by atoms with van der Waals surface area (Å²) in [6, 6.07) is 9.91. The Labute approximate surface area is 117 Å². The second kappa shape index (κ2) is 5.74. The first kappa shape index (κ1) is 14.1. The van der Waals surface area contributed by atoms with E-state index in [0.717, 1.165) is 16.7 Å². The normalized spacial score (nSPS) is 10.3. The highest BCUT2D eigenvalue weighted by atomic mass is 19.1. The van der Waals surface area contributed by atoms with Crippen LogP contribution in [0.25, 0.3) is 0 Å². The molecule has 0 aliphatic rings. The molecule has 3 N–H and O–H groups in total. The second-order valence-electron chi connectivity index (χ2n) is 4.89. The van der Waals surface area contributed by atoms with Gasteiger partial charge in [-0.2, -0.15) is 0 Å². The van der Waals surface area contributed by atoms with Gasteiger partial charge in [-0.3, -0.25) is 4.79 Å². The smallest absolute Gasteiger partial charge is 0.228 e. The average Bonchev–Trinajstić information content (AvgIpc) is 2.37. The molecule has 0 unspecified atom stereocenters. The summed E-state index contributed by atoms with van der Waals surface area (Å²) in [4.78, 5) is 12.0. The molecule has 0 atom stereocenters. The Kier molecular flexibility index (Phi) is 4.03. The Morgan fingerprint density at radius 1 is 1.20 bits per heavy atom. The second-order valence-corrected chi connectivity index (χ2v) is 4.89. The van der Waals surface area contributed by atoms with E-state index in [-0.39, 0.29) is 18.0 Å². The molecule has 1 amide bonds. The molecule has 0 spiro atoms. The van der Waals surface area contributed by atoms with Crippen LogP contribution in [-0.4, -0.2) is 5.91 Å². The standard InChI is InChI=1S/C16H17FN2O/c1-10-3-4-11(2)12(7-10)8-16(20)19-15-6-5-13(17)9-14(15)18/h3-7,9H,8,18H2,1-2H3,(H,19,20). The Balaban J connectivity index is 2.11. The SMILES string of the molecule is Cc1ccc(C)c(CC(=O)Nc2ccc(F)cc2N)c1. The molecular weight excluding hydrogens is 255 g/mol. The first-order chi connectivity index (χ1) is 9.45. The van der Waals surface area contributed by atoms with Crippen molar-refractivity contribution in [3.63, 3.8) is 0 Å². The maximum atomic E-state index is 12.9. The number of nitrogens with one attached hydrogen (secondary N) is 1. The van der Waals surface area contributed by atoms with Crippen molar-refractivity contribution in [3.8, 4) is 0 Å². The molecule has 3 nitrogen and oxygen atoms in total. The minimum Gasteiger partial charge on any atom is -0.397 e. The molecule has 20 heavy (non-hydrogen) atoms. The minimum absolute atomic E-state index is 0.169. The summed E-state index contributed by atoms with van der Waals surface area (Å²) in [5.41, 5.74) is 9.47. The van der Waals surface area contributed by atoms with E-state index in [4.69, 9.17) is 5.73 Å². The number of nitrogens with two attached hydrogens (primary N) is 1. The lowest BCUT2D eigenvalue weighted by atomic mass is 10.0. The fraction of sp³-hybridized carbons (Fsp3) is 0.188. The van der Waals surface area contributed by atoms with Crippen LogP contribution in [0.5, 0.6) is 0 Å². The third kappa shape index (κ3) is 3.35. The summed E-state index contributed by atoms with van der Waals surface area (Å²) in [7, 11) is 0. The van der Waals surface area contributed by atoms with Gasteiger partial charge in [-0.05, 0) is 43.2 Å². The number of hydrogen-bond acceptors (Lipinski definition) is 2. The van der Waals surface area contributed by atoms with Crippen LogP contribution in [0.2, 0.25) is 0 Å². The van der Waals surface area contributed by atoms with Gasteiger partial charge in [0.25, 0.3) is 0 Å². The summed E-state index contributed by atoms with van der Waals surface area (Å²) >= 11 is 0. The molecule has 0 aromatic heterocycles. The summed E-state index contributed by atoms with van der Waals surface area (Å²) < 4.78 is 12.9. The number of rotatable bonds is 3. The maximum absolute atomic E-state index is 12.9. The highest BCUT2D eigenvalue weighted by Crippen LogP contribution is 2.20. The van der Waals surface area contributed by atoms with Gasteiger partial charge in [0.1, 0.15) is 5.82 Å². The van der Waals surface area contributed by atoms with Crippen molar-refractivity contribution in [2.24, 2.45) is 0 Å². The van der Waals surface area contributed by atoms with Crippen LogP contribution in [0.4, 0.5) is 15.8 Å². The van der Waals surface area contributed by atoms with Crippen LogP contribution in [0.3, 0.4) is 0 Å². The van der Waals surface area contributed by atoms with Gasteiger partial charge in [0, 0.05) is 0 Å². The molecule has 0 bridgehead atoms. The third-order valence-electron chi connectivity index (χ3n) is 3.14. The quantitative estimate of drug-likeness (QED) is 0.843. The summed E-state index contributed by atoms with van der Waals surface area (Å²) in [5.74, 6) is -0.591. The zero-order chi connectivity index (χ0) is 14.7. The summed E-state index contributed by atoms with van der Waals surface area (Å²) in [6.07, 6.45) is 0.268. The number of hydrogen-bond donors (Lipinski definition) is 2. The van der Waals surface area contributed by atoms with Crippen LogP contribution >= 0.6 is 0 Å². The molecule has 4 heteroatoms. The number of nitrogen functional groups attached to an aromatic ring is 1. The van der Waals surface area contributed by atoms with E-state index < -0.39 is 5.82 Å². The van der Waals surface area contributed by atoms with E-state index in [0.29, 0.717) is 5.69 Å². The molecule has 2 aromatic rings. The largest absolute Gasteiger partial charge is 0.397 e. The highest BCUT2D eigenvalue weighted by Gasteiger charge is 2.09. The van der Waals surface area contributed by atoms with E-state index in [1.807, 2.05) is 32.0 Å². The number of carbonyl (C=O) groups is 1. The van der Waals surface area contributed by atoms with Gasteiger partial charge in [0.15, 0.2) is 0 Å². The molecule has 0 fully saturated rings. The molecule has 0 radical (unpaired) electrons. The van der Waals surface area contributed by atoms with Crippen LogP contribution in [0.15, 0.2) is 36.4 Å². The molecule has 0 saturated heterocycles. The van der Waals surface area contributed by atoms with Gasteiger partial charge in [-0.25, -0.2) is 4.39 Å². The number of halogens is 1. The number of anilines is 2. The van der Waals surface area contributed by atoms with Gasteiger partial charge in [-0.15, -0.1) is 0 Å². The predicted octanol–water partition coefficient (Wildman–Crippen LogP) is 3.21. The lowest BCUT2D eigenvalue weighted by Gasteiger charge is -2.10. The van der Waals surface area contributed by atoms with Gasteiger partial charge in [-0.1, -0.05) is 23.8 Å². The molecule has 0 saturated carbocycles. The topological polar surface area (TPSA) is 55.1 Å². The maximum Gasteiger partial charge on any atom is 0.228 e. The number of aryl methyl sites for hydroxylation is 2. The molecular formula is C16H17FN2O. The van der Waals surface area contributed by atoms with Crippen molar-refractivity contribution in [1.29, 1.82) is 0 Å². The zero-order valence-corrected chi connectivity index (χ0v) is 11.5. The monoisotopic (exact) mass is 272 g/mol. The lowest BCUT2D eigenvalue weighted by molar-refractivity contribution is -0.115. The van der Waals surface area contributed by atoms with E-state index in [9.17, 15) is 9.18 Å². The van der Waals surface area contributed by atoms with Gasteiger partial charge < -0.3 is 11.1 Å². The van der Waals surface area contributed by atoms with Crippen molar-refractivity contribution in [2.75, 3.05) is 11.1 Å². The Morgan fingerprint density at radius 2 is 1.95 bits per heavy atom. The fourth-order valence-electron chi connectivity index (χ4n) is 2.01. The Hall–Kier alpha value is -2.36. The summed E-state index contributed by atoms with van der Waals surface area (Å²) in [6.45, 7) is 3.95. The predicted molar refractivity (Wildman–Crippen MR) is 79.1 cm³/mol. The van der Waals surface area contributed by atoms with Crippen molar-refractivity contribution < 1.29 is 9.18 Å². The van der Waals surface area contributed by atoms with Gasteiger partial charge >= 0.3 is 0 Å². The fourth-order valence-corrected chi connectivity index (χ4v) is 2.01. The lowest BCUT2D eigenvalue weighted by Crippen LogP contribution is -2.16. The first-order valence-corrected chi connectivity index (χ1v) is 6.36. The molecule has 0 aliphatic heterocycles.